The fourth-order valence-corrected chi connectivity index (χ4v) is 1.55. The normalized spacial score (nSPS) is 13.4. The molecule has 1 aromatic rings. The van der Waals surface area contributed by atoms with Gasteiger partial charge >= 0.3 is 18.8 Å². The molecule has 1 rings (SSSR count). The van der Waals surface area contributed by atoms with Crippen molar-refractivity contribution in [3.63, 3.8) is 0 Å². The summed E-state index contributed by atoms with van der Waals surface area (Å²) >= 11 is 0. The largest absolute Gasteiger partial charge is 0.481 e. The number of ether oxygens (including phenoxy) is 1. The van der Waals surface area contributed by atoms with Gasteiger partial charge in [-0.3, -0.25) is 4.79 Å². The number of carbonyl (C=O) groups is 1. The Morgan fingerprint density at radius 3 is 2.32 bits per heavy atom. The first kappa shape index (κ1) is 15.2. The SMILES string of the molecule is O=C(O)CC(c1ccccc1OC(F)F)C(F)(F)F. The van der Waals surface area contributed by atoms with Crippen molar-refractivity contribution < 1.29 is 36.6 Å². The number of carboxylic acid groups (broad SMARTS) is 1. The van der Waals surface area contributed by atoms with Crippen LogP contribution in [0.1, 0.15) is 17.9 Å². The average Bonchev–Trinajstić information content (AvgIpc) is 2.24. The second-order valence-corrected chi connectivity index (χ2v) is 3.61. The molecule has 3 nitrogen and oxygen atoms in total. The average molecular weight is 284 g/mol. The number of benzene rings is 1. The molecule has 1 atom stereocenters. The maximum atomic E-state index is 12.8. The highest BCUT2D eigenvalue weighted by molar-refractivity contribution is 5.68. The van der Waals surface area contributed by atoms with Gasteiger partial charge in [0.05, 0.1) is 12.3 Å². The van der Waals surface area contributed by atoms with Gasteiger partial charge in [0.1, 0.15) is 5.75 Å². The lowest BCUT2D eigenvalue weighted by atomic mass is 9.94. The van der Waals surface area contributed by atoms with E-state index in [1.165, 1.54) is 12.1 Å². The molecule has 8 heteroatoms. The molecule has 106 valence electrons. The van der Waals surface area contributed by atoms with Gasteiger partial charge in [-0.15, -0.1) is 0 Å². The Kier molecular flexibility index (Phi) is 4.68. The van der Waals surface area contributed by atoms with Crippen LogP contribution in [-0.2, 0) is 4.79 Å². The standard InChI is InChI=1S/C11H9F5O3/c12-10(13)19-8-4-2-1-3-6(8)7(5-9(17)18)11(14,15)16/h1-4,7,10H,5H2,(H,17,18). The third-order valence-corrected chi connectivity index (χ3v) is 2.28. The topological polar surface area (TPSA) is 46.5 Å². The Labute approximate surface area is 104 Å². The zero-order valence-electron chi connectivity index (χ0n) is 9.32. The number of carboxylic acids is 1. The Morgan fingerprint density at radius 1 is 1.26 bits per heavy atom. The van der Waals surface area contributed by atoms with Crippen LogP contribution < -0.4 is 4.74 Å². The van der Waals surface area contributed by atoms with Gasteiger partial charge in [0.15, 0.2) is 0 Å². The Hall–Kier alpha value is -1.86. The fraction of sp³-hybridized carbons (Fsp3) is 0.364. The van der Waals surface area contributed by atoms with Crippen LogP contribution in [0, 0.1) is 0 Å². The van der Waals surface area contributed by atoms with E-state index in [0.29, 0.717) is 0 Å². The molecule has 0 bridgehead atoms. The van der Waals surface area contributed by atoms with Crippen molar-refractivity contribution in [2.75, 3.05) is 0 Å². The Morgan fingerprint density at radius 2 is 1.84 bits per heavy atom. The van der Waals surface area contributed by atoms with E-state index in [4.69, 9.17) is 5.11 Å². The molecule has 19 heavy (non-hydrogen) atoms. The summed E-state index contributed by atoms with van der Waals surface area (Å²) in [7, 11) is 0. The van der Waals surface area contributed by atoms with Crippen molar-refractivity contribution >= 4 is 5.97 Å². The number of hydrogen-bond acceptors (Lipinski definition) is 2. The second kappa shape index (κ2) is 5.85. The first-order chi connectivity index (χ1) is 8.71. The lowest BCUT2D eigenvalue weighted by molar-refractivity contribution is -0.164. The molecular weight excluding hydrogens is 275 g/mol. The molecule has 0 saturated heterocycles. The third-order valence-electron chi connectivity index (χ3n) is 2.28. The molecule has 0 spiro atoms. The summed E-state index contributed by atoms with van der Waals surface area (Å²) < 4.78 is 66.5. The number of halogens is 5. The minimum atomic E-state index is -4.88. The maximum absolute atomic E-state index is 12.8. The van der Waals surface area contributed by atoms with Gasteiger partial charge in [-0.1, -0.05) is 18.2 Å². The minimum absolute atomic E-state index is 0.627. The van der Waals surface area contributed by atoms with Crippen molar-refractivity contribution in [3.05, 3.63) is 29.8 Å². The number of alkyl halides is 5. The number of aliphatic carboxylic acids is 1. The maximum Gasteiger partial charge on any atom is 0.396 e. The third kappa shape index (κ3) is 4.38. The lowest BCUT2D eigenvalue weighted by Crippen LogP contribution is -2.24. The molecule has 1 N–H and O–H groups in total. The van der Waals surface area contributed by atoms with E-state index in [9.17, 15) is 26.7 Å². The Bertz CT molecular complexity index is 444. The van der Waals surface area contributed by atoms with Gasteiger partial charge in [-0.05, 0) is 6.07 Å². The summed E-state index contributed by atoms with van der Waals surface area (Å²) in [6.45, 7) is -3.29. The van der Waals surface area contributed by atoms with E-state index in [1.807, 2.05) is 0 Å². The number of rotatable bonds is 5. The van der Waals surface area contributed by atoms with Gasteiger partial charge in [-0.25, -0.2) is 0 Å². The first-order valence-electron chi connectivity index (χ1n) is 5.04. The van der Waals surface area contributed by atoms with E-state index < -0.39 is 42.4 Å². The zero-order valence-corrected chi connectivity index (χ0v) is 9.32. The quantitative estimate of drug-likeness (QED) is 0.843. The molecule has 1 aromatic carbocycles. The molecule has 1 unspecified atom stereocenters. The Balaban J connectivity index is 3.18. The molecule has 0 aromatic heterocycles. The molecule has 0 heterocycles. The smallest absolute Gasteiger partial charge is 0.396 e. The van der Waals surface area contributed by atoms with Crippen LogP contribution in [0.15, 0.2) is 24.3 Å². The van der Waals surface area contributed by atoms with E-state index >= 15 is 0 Å². The van der Waals surface area contributed by atoms with Crippen LogP contribution in [0.4, 0.5) is 22.0 Å². The molecule has 0 radical (unpaired) electrons. The van der Waals surface area contributed by atoms with E-state index in [0.717, 1.165) is 12.1 Å². The van der Waals surface area contributed by atoms with Crippen LogP contribution in [0.3, 0.4) is 0 Å². The highest BCUT2D eigenvalue weighted by Crippen LogP contribution is 2.41. The molecular formula is C11H9F5O3. The van der Waals surface area contributed by atoms with Crippen molar-refractivity contribution in [1.29, 1.82) is 0 Å². The van der Waals surface area contributed by atoms with Crippen LogP contribution in [0.5, 0.6) is 5.75 Å². The van der Waals surface area contributed by atoms with E-state index in [2.05, 4.69) is 4.74 Å². The molecule has 0 aliphatic heterocycles. The number of hydrogen-bond donors (Lipinski definition) is 1. The summed E-state index contributed by atoms with van der Waals surface area (Å²) in [6.07, 6.45) is -6.13. The highest BCUT2D eigenvalue weighted by atomic mass is 19.4. The van der Waals surface area contributed by atoms with Gasteiger partial charge < -0.3 is 9.84 Å². The lowest BCUT2D eigenvalue weighted by Gasteiger charge is -2.21. The van der Waals surface area contributed by atoms with Gasteiger partial charge in [0, 0.05) is 5.56 Å². The summed E-state index contributed by atoms with van der Waals surface area (Å²) in [4.78, 5) is 10.5. The van der Waals surface area contributed by atoms with Crippen molar-refractivity contribution in [1.82, 2.24) is 0 Å². The first-order valence-corrected chi connectivity index (χ1v) is 5.04. The number of para-hydroxylation sites is 1. The van der Waals surface area contributed by atoms with Crippen LogP contribution in [-0.4, -0.2) is 23.9 Å². The monoisotopic (exact) mass is 284 g/mol. The molecule has 0 aliphatic carbocycles. The molecule has 0 fully saturated rings. The van der Waals surface area contributed by atoms with Crippen molar-refractivity contribution in [2.45, 2.75) is 25.1 Å². The highest BCUT2D eigenvalue weighted by Gasteiger charge is 2.43. The van der Waals surface area contributed by atoms with Gasteiger partial charge in [0.25, 0.3) is 0 Å². The van der Waals surface area contributed by atoms with E-state index in [1.54, 1.807) is 0 Å². The van der Waals surface area contributed by atoms with Crippen LogP contribution in [0.25, 0.3) is 0 Å². The second-order valence-electron chi connectivity index (χ2n) is 3.61. The van der Waals surface area contributed by atoms with Crippen molar-refractivity contribution in [2.24, 2.45) is 0 Å². The fourth-order valence-electron chi connectivity index (χ4n) is 1.55. The minimum Gasteiger partial charge on any atom is -0.481 e. The summed E-state index contributed by atoms with van der Waals surface area (Å²) in [5.41, 5.74) is -0.627. The molecule has 0 amide bonds. The zero-order chi connectivity index (χ0) is 14.6. The van der Waals surface area contributed by atoms with Crippen molar-refractivity contribution in [3.8, 4) is 5.75 Å². The predicted molar refractivity (Wildman–Crippen MR) is 54.1 cm³/mol. The summed E-state index contributed by atoms with van der Waals surface area (Å²) in [5, 5.41) is 8.49. The summed E-state index contributed by atoms with van der Waals surface area (Å²) in [6, 6.07) is 4.25. The van der Waals surface area contributed by atoms with Crippen LogP contribution >= 0.6 is 0 Å². The molecule has 0 saturated carbocycles. The van der Waals surface area contributed by atoms with Crippen LogP contribution in [0.2, 0.25) is 0 Å². The van der Waals surface area contributed by atoms with E-state index in [-0.39, 0.29) is 0 Å². The van der Waals surface area contributed by atoms with Gasteiger partial charge in [-0.2, -0.15) is 22.0 Å². The predicted octanol–water partition coefficient (Wildman–Crippen LogP) is 3.41. The molecule has 0 aliphatic rings. The van der Waals surface area contributed by atoms with Gasteiger partial charge in [0.2, 0.25) is 0 Å². The summed E-state index contributed by atoms with van der Waals surface area (Å²) in [5.74, 6) is -4.77.